The molecule has 19 heavy (non-hydrogen) atoms. The molecule has 5 heteroatoms. The molecule has 0 amide bonds. The Bertz CT molecular complexity index is 575. The van der Waals surface area contributed by atoms with Crippen LogP contribution in [0.4, 0.5) is 11.6 Å². The summed E-state index contributed by atoms with van der Waals surface area (Å²) in [5, 5.41) is 2.10. The molecule has 0 aromatic carbocycles. The number of aromatic nitrogens is 2. The molecule has 0 atom stereocenters. The van der Waals surface area contributed by atoms with E-state index in [9.17, 15) is 0 Å². The maximum atomic E-state index is 6.02. The summed E-state index contributed by atoms with van der Waals surface area (Å²) in [5.41, 5.74) is 7.00. The van der Waals surface area contributed by atoms with Gasteiger partial charge in [-0.1, -0.05) is 6.07 Å². The minimum Gasteiger partial charge on any atom is -0.383 e. The van der Waals surface area contributed by atoms with Crippen molar-refractivity contribution in [2.75, 3.05) is 17.7 Å². The highest BCUT2D eigenvalue weighted by atomic mass is 32.1. The van der Waals surface area contributed by atoms with E-state index in [1.165, 1.54) is 17.7 Å². The van der Waals surface area contributed by atoms with E-state index in [-0.39, 0.29) is 0 Å². The van der Waals surface area contributed by atoms with Crippen molar-refractivity contribution in [2.24, 2.45) is 0 Å². The highest BCUT2D eigenvalue weighted by Crippen LogP contribution is 2.39. The van der Waals surface area contributed by atoms with E-state index in [0.29, 0.717) is 11.7 Å². The predicted molar refractivity (Wildman–Crippen MR) is 79.6 cm³/mol. The Morgan fingerprint density at radius 1 is 1.42 bits per heavy atom. The van der Waals surface area contributed by atoms with Crippen molar-refractivity contribution in [1.82, 2.24) is 9.97 Å². The van der Waals surface area contributed by atoms with Gasteiger partial charge in [0.15, 0.2) is 0 Å². The third kappa shape index (κ3) is 2.56. The molecule has 0 unspecified atom stereocenters. The molecule has 4 nitrogen and oxygen atoms in total. The predicted octanol–water partition coefficient (Wildman–Crippen LogP) is 2.94. The second-order valence-electron chi connectivity index (χ2n) is 5.13. The monoisotopic (exact) mass is 274 g/mol. The topological polar surface area (TPSA) is 55.0 Å². The molecule has 0 bridgehead atoms. The SMILES string of the molecule is Cc1c(N)nc(C2CC2)nc1N(C)Cc1cccs1. The molecule has 2 heterocycles. The molecule has 0 aliphatic heterocycles. The van der Waals surface area contributed by atoms with Crippen molar-refractivity contribution in [3.05, 3.63) is 33.8 Å². The average molecular weight is 274 g/mol. The van der Waals surface area contributed by atoms with Crippen LogP contribution in [0.2, 0.25) is 0 Å². The quantitative estimate of drug-likeness (QED) is 0.931. The van der Waals surface area contributed by atoms with Crippen molar-refractivity contribution in [3.8, 4) is 0 Å². The largest absolute Gasteiger partial charge is 0.383 e. The lowest BCUT2D eigenvalue weighted by Crippen LogP contribution is -2.20. The number of anilines is 2. The summed E-state index contributed by atoms with van der Waals surface area (Å²) in [6.45, 7) is 2.85. The molecule has 0 spiro atoms. The van der Waals surface area contributed by atoms with Crippen LogP contribution in [0.3, 0.4) is 0 Å². The van der Waals surface area contributed by atoms with Gasteiger partial charge in [-0.05, 0) is 31.2 Å². The van der Waals surface area contributed by atoms with Crippen molar-refractivity contribution in [3.63, 3.8) is 0 Å². The minimum absolute atomic E-state index is 0.525. The van der Waals surface area contributed by atoms with E-state index in [1.54, 1.807) is 11.3 Å². The Kier molecular flexibility index (Phi) is 3.14. The molecule has 1 fully saturated rings. The summed E-state index contributed by atoms with van der Waals surface area (Å²) in [6, 6.07) is 4.22. The fourth-order valence-corrected chi connectivity index (χ4v) is 2.90. The van der Waals surface area contributed by atoms with Crippen molar-refractivity contribution < 1.29 is 0 Å². The third-order valence-electron chi connectivity index (χ3n) is 3.45. The van der Waals surface area contributed by atoms with Gasteiger partial charge in [-0.3, -0.25) is 0 Å². The fourth-order valence-electron chi connectivity index (χ4n) is 2.15. The first-order valence-corrected chi connectivity index (χ1v) is 7.40. The molecule has 2 N–H and O–H groups in total. The number of hydrogen-bond donors (Lipinski definition) is 1. The van der Waals surface area contributed by atoms with Gasteiger partial charge in [0.2, 0.25) is 0 Å². The number of nitrogens with two attached hydrogens (primary N) is 1. The molecular formula is C14H18N4S. The van der Waals surface area contributed by atoms with E-state index in [0.717, 1.165) is 23.8 Å². The highest BCUT2D eigenvalue weighted by Gasteiger charge is 2.28. The number of nitrogen functional groups attached to an aromatic ring is 1. The van der Waals surface area contributed by atoms with E-state index in [4.69, 9.17) is 10.7 Å². The van der Waals surface area contributed by atoms with E-state index in [2.05, 4.69) is 34.4 Å². The first-order chi connectivity index (χ1) is 9.15. The number of hydrogen-bond acceptors (Lipinski definition) is 5. The Hall–Kier alpha value is -1.62. The first kappa shape index (κ1) is 12.4. The standard InChI is InChI=1S/C14H18N4S/c1-9-12(15)16-13(10-5-6-10)17-14(9)18(2)8-11-4-3-7-19-11/h3-4,7,10H,5-6,8H2,1-2H3,(H2,15,16,17). The van der Waals surface area contributed by atoms with Crippen LogP contribution in [0.5, 0.6) is 0 Å². The lowest BCUT2D eigenvalue weighted by atomic mass is 10.2. The fraction of sp³-hybridized carbons (Fsp3) is 0.429. The Labute approximate surface area is 117 Å². The van der Waals surface area contributed by atoms with E-state index in [1.807, 2.05) is 6.92 Å². The van der Waals surface area contributed by atoms with Gasteiger partial charge in [-0.2, -0.15) is 0 Å². The van der Waals surface area contributed by atoms with Crippen LogP contribution in [0, 0.1) is 6.92 Å². The molecule has 100 valence electrons. The van der Waals surface area contributed by atoms with Gasteiger partial charge in [0.25, 0.3) is 0 Å². The van der Waals surface area contributed by atoms with E-state index < -0.39 is 0 Å². The van der Waals surface area contributed by atoms with Crippen LogP contribution < -0.4 is 10.6 Å². The molecule has 1 aliphatic carbocycles. The van der Waals surface area contributed by atoms with Gasteiger partial charge in [-0.25, -0.2) is 9.97 Å². The normalized spacial score (nSPS) is 14.6. The van der Waals surface area contributed by atoms with Gasteiger partial charge < -0.3 is 10.6 Å². The molecule has 1 saturated carbocycles. The van der Waals surface area contributed by atoms with Crippen LogP contribution in [0.1, 0.15) is 35.0 Å². The van der Waals surface area contributed by atoms with Crippen LogP contribution in [-0.2, 0) is 6.54 Å². The van der Waals surface area contributed by atoms with Gasteiger partial charge in [0.1, 0.15) is 17.5 Å². The second kappa shape index (κ2) is 4.81. The van der Waals surface area contributed by atoms with Crippen LogP contribution >= 0.6 is 11.3 Å². The molecular weight excluding hydrogens is 256 g/mol. The van der Waals surface area contributed by atoms with Gasteiger partial charge in [0.05, 0.1) is 6.54 Å². The summed E-state index contributed by atoms with van der Waals surface area (Å²) in [5.74, 6) is 3.01. The molecule has 3 rings (SSSR count). The Morgan fingerprint density at radius 3 is 2.84 bits per heavy atom. The summed E-state index contributed by atoms with van der Waals surface area (Å²) in [4.78, 5) is 12.6. The third-order valence-corrected chi connectivity index (χ3v) is 4.31. The van der Waals surface area contributed by atoms with Gasteiger partial charge in [-0.15, -0.1) is 11.3 Å². The number of nitrogens with zero attached hydrogens (tertiary/aromatic N) is 3. The molecule has 2 aromatic rings. The van der Waals surface area contributed by atoms with Crippen molar-refractivity contribution in [2.45, 2.75) is 32.2 Å². The second-order valence-corrected chi connectivity index (χ2v) is 6.16. The van der Waals surface area contributed by atoms with Crippen molar-refractivity contribution in [1.29, 1.82) is 0 Å². The Morgan fingerprint density at radius 2 is 2.21 bits per heavy atom. The van der Waals surface area contributed by atoms with Crippen LogP contribution in [0.15, 0.2) is 17.5 Å². The van der Waals surface area contributed by atoms with E-state index >= 15 is 0 Å². The van der Waals surface area contributed by atoms with Gasteiger partial charge >= 0.3 is 0 Å². The van der Waals surface area contributed by atoms with Gasteiger partial charge in [0, 0.05) is 23.4 Å². The van der Waals surface area contributed by atoms with Crippen molar-refractivity contribution >= 4 is 23.0 Å². The lowest BCUT2D eigenvalue weighted by Gasteiger charge is -2.20. The smallest absolute Gasteiger partial charge is 0.137 e. The zero-order chi connectivity index (χ0) is 13.4. The summed E-state index contributed by atoms with van der Waals surface area (Å²) in [6.07, 6.45) is 2.38. The maximum absolute atomic E-state index is 6.02. The zero-order valence-electron chi connectivity index (χ0n) is 11.3. The van der Waals surface area contributed by atoms with Crippen LogP contribution in [-0.4, -0.2) is 17.0 Å². The molecule has 0 saturated heterocycles. The summed E-state index contributed by atoms with van der Waals surface area (Å²) >= 11 is 1.76. The number of rotatable bonds is 4. The molecule has 0 radical (unpaired) electrons. The summed E-state index contributed by atoms with van der Waals surface area (Å²) in [7, 11) is 2.06. The lowest BCUT2D eigenvalue weighted by molar-refractivity contribution is 0.855. The average Bonchev–Trinajstić information content (AvgIpc) is 3.11. The molecule has 2 aromatic heterocycles. The molecule has 1 aliphatic rings. The highest BCUT2D eigenvalue weighted by molar-refractivity contribution is 7.09. The van der Waals surface area contributed by atoms with Crippen LogP contribution in [0.25, 0.3) is 0 Å². The summed E-state index contributed by atoms with van der Waals surface area (Å²) < 4.78 is 0. The zero-order valence-corrected chi connectivity index (χ0v) is 12.1. The first-order valence-electron chi connectivity index (χ1n) is 6.52. The maximum Gasteiger partial charge on any atom is 0.137 e. The Balaban J connectivity index is 1.89. The minimum atomic E-state index is 0.525. The number of thiophene rings is 1.